The van der Waals surface area contributed by atoms with Crippen molar-refractivity contribution >= 4 is 40.0 Å². The minimum atomic E-state index is -0.347. The molecule has 2 aromatic rings. The van der Waals surface area contributed by atoms with Crippen molar-refractivity contribution < 1.29 is 14.3 Å². The van der Waals surface area contributed by atoms with E-state index >= 15 is 0 Å². The van der Waals surface area contributed by atoms with Crippen molar-refractivity contribution in [1.29, 1.82) is 0 Å². The number of aryl methyl sites for hydroxylation is 2. The van der Waals surface area contributed by atoms with Crippen LogP contribution in [0.1, 0.15) is 66.7 Å². The summed E-state index contributed by atoms with van der Waals surface area (Å²) in [5.74, 6) is 0.555. The number of rotatable bonds is 8. The Kier molecular flexibility index (Phi) is 7.34. The average molecular weight is 437 g/mol. The largest absolute Gasteiger partial charge is 0.459 e. The van der Waals surface area contributed by atoms with Crippen LogP contribution in [0.3, 0.4) is 0 Å². The second-order valence-corrected chi connectivity index (χ2v) is 9.44. The monoisotopic (exact) mass is 436 g/mol. The standard InChI is InChI=1S/C20H28N4O3S2/c1-5-10-24-13(4)22-23-20(24)28-11-16(25)21-18-17(19(26)27-12(2)3)14-8-6-7-9-15(14)29-18/h12H,5-11H2,1-4H3,(H,21,25). The van der Waals surface area contributed by atoms with Crippen LogP contribution in [-0.2, 0) is 28.9 Å². The Labute approximate surface area is 179 Å². The number of hydrogen-bond donors (Lipinski definition) is 1. The summed E-state index contributed by atoms with van der Waals surface area (Å²) in [5.41, 5.74) is 1.59. The Balaban J connectivity index is 1.73. The number of amides is 1. The molecule has 1 amide bonds. The fourth-order valence-electron chi connectivity index (χ4n) is 3.39. The van der Waals surface area contributed by atoms with Crippen LogP contribution in [0, 0.1) is 6.92 Å². The van der Waals surface area contributed by atoms with E-state index in [0.717, 1.165) is 55.2 Å². The zero-order valence-corrected chi connectivity index (χ0v) is 19.0. The number of carbonyl (C=O) groups excluding carboxylic acids is 2. The van der Waals surface area contributed by atoms with E-state index in [9.17, 15) is 9.59 Å². The normalized spacial score (nSPS) is 13.4. The van der Waals surface area contributed by atoms with Crippen molar-refractivity contribution in [1.82, 2.24) is 14.8 Å². The van der Waals surface area contributed by atoms with Gasteiger partial charge >= 0.3 is 5.97 Å². The highest BCUT2D eigenvalue weighted by Crippen LogP contribution is 2.38. The van der Waals surface area contributed by atoms with Crippen molar-refractivity contribution in [2.45, 2.75) is 77.6 Å². The van der Waals surface area contributed by atoms with E-state index < -0.39 is 0 Å². The summed E-state index contributed by atoms with van der Waals surface area (Å²) in [6.45, 7) is 8.50. The van der Waals surface area contributed by atoms with Gasteiger partial charge in [0.25, 0.3) is 0 Å². The maximum Gasteiger partial charge on any atom is 0.341 e. The van der Waals surface area contributed by atoms with E-state index in [1.54, 1.807) is 0 Å². The lowest BCUT2D eigenvalue weighted by Crippen LogP contribution is -2.19. The fourth-order valence-corrected chi connectivity index (χ4v) is 5.49. The molecule has 0 aliphatic heterocycles. The molecule has 0 saturated heterocycles. The highest BCUT2D eigenvalue weighted by atomic mass is 32.2. The number of fused-ring (bicyclic) bond motifs is 1. The SMILES string of the molecule is CCCn1c(C)nnc1SCC(=O)Nc1sc2c(c1C(=O)OC(C)C)CCCC2. The summed E-state index contributed by atoms with van der Waals surface area (Å²) in [7, 11) is 0. The molecule has 3 rings (SSSR count). The number of anilines is 1. The van der Waals surface area contributed by atoms with Gasteiger partial charge in [-0.1, -0.05) is 18.7 Å². The molecule has 0 aromatic carbocycles. The van der Waals surface area contributed by atoms with E-state index in [1.165, 1.54) is 28.0 Å². The molecule has 0 fully saturated rings. The van der Waals surface area contributed by atoms with Crippen LogP contribution in [0.15, 0.2) is 5.16 Å². The summed E-state index contributed by atoms with van der Waals surface area (Å²) in [5, 5.41) is 12.6. The van der Waals surface area contributed by atoms with Gasteiger partial charge in [-0.25, -0.2) is 4.79 Å². The molecule has 1 aliphatic rings. The molecule has 0 spiro atoms. The number of hydrogen-bond acceptors (Lipinski definition) is 7. The molecule has 0 atom stereocenters. The number of thiophene rings is 1. The Bertz CT molecular complexity index is 889. The Morgan fingerprint density at radius 1 is 1.28 bits per heavy atom. The van der Waals surface area contributed by atoms with Gasteiger partial charge in [0.15, 0.2) is 5.16 Å². The topological polar surface area (TPSA) is 86.1 Å². The van der Waals surface area contributed by atoms with Crippen LogP contribution in [0.4, 0.5) is 5.00 Å². The van der Waals surface area contributed by atoms with Crippen molar-refractivity contribution in [2.75, 3.05) is 11.1 Å². The van der Waals surface area contributed by atoms with Crippen molar-refractivity contribution in [3.05, 3.63) is 21.8 Å². The molecule has 9 heteroatoms. The summed E-state index contributed by atoms with van der Waals surface area (Å²) in [6.07, 6.45) is 4.75. The molecule has 0 saturated carbocycles. The third-order valence-corrected chi connectivity index (χ3v) is 6.83. The Morgan fingerprint density at radius 3 is 2.76 bits per heavy atom. The number of ether oxygens (including phenoxy) is 1. The van der Waals surface area contributed by atoms with Gasteiger partial charge in [0.1, 0.15) is 10.8 Å². The van der Waals surface area contributed by atoms with Crippen LogP contribution in [-0.4, -0.2) is 38.5 Å². The number of carbonyl (C=O) groups is 2. The van der Waals surface area contributed by atoms with Gasteiger partial charge in [-0.15, -0.1) is 21.5 Å². The molecule has 7 nitrogen and oxygen atoms in total. The second kappa shape index (κ2) is 9.75. The van der Waals surface area contributed by atoms with E-state index in [4.69, 9.17) is 4.74 Å². The minimum absolute atomic E-state index is 0.157. The molecule has 29 heavy (non-hydrogen) atoms. The predicted molar refractivity (Wildman–Crippen MR) is 116 cm³/mol. The zero-order valence-electron chi connectivity index (χ0n) is 17.4. The summed E-state index contributed by atoms with van der Waals surface area (Å²) < 4.78 is 7.47. The maximum atomic E-state index is 12.7. The first kappa shape index (κ1) is 21.8. The molecule has 0 unspecified atom stereocenters. The Hall–Kier alpha value is -1.87. The number of esters is 1. The molecule has 2 heterocycles. The van der Waals surface area contributed by atoms with Gasteiger partial charge in [0.2, 0.25) is 5.91 Å². The second-order valence-electron chi connectivity index (χ2n) is 7.39. The summed E-state index contributed by atoms with van der Waals surface area (Å²) in [4.78, 5) is 26.5. The molecule has 1 N–H and O–H groups in total. The third-order valence-electron chi connectivity index (χ3n) is 4.65. The van der Waals surface area contributed by atoms with Gasteiger partial charge in [-0.2, -0.15) is 0 Å². The first-order chi connectivity index (χ1) is 13.9. The molecule has 0 radical (unpaired) electrons. The molecular formula is C20H28N4O3S2. The van der Waals surface area contributed by atoms with Gasteiger partial charge in [0.05, 0.1) is 17.4 Å². The van der Waals surface area contributed by atoms with Gasteiger partial charge < -0.3 is 14.6 Å². The lowest BCUT2D eigenvalue weighted by Gasteiger charge is -2.14. The lowest BCUT2D eigenvalue weighted by atomic mass is 9.95. The lowest BCUT2D eigenvalue weighted by molar-refractivity contribution is -0.113. The van der Waals surface area contributed by atoms with Gasteiger partial charge in [0, 0.05) is 11.4 Å². The molecule has 0 bridgehead atoms. The highest BCUT2D eigenvalue weighted by molar-refractivity contribution is 7.99. The van der Waals surface area contributed by atoms with Crippen LogP contribution in [0.5, 0.6) is 0 Å². The van der Waals surface area contributed by atoms with Crippen LogP contribution in [0.2, 0.25) is 0 Å². The van der Waals surface area contributed by atoms with E-state index in [0.29, 0.717) is 10.6 Å². The molecule has 1 aliphatic carbocycles. The predicted octanol–water partition coefficient (Wildman–Crippen LogP) is 4.23. The number of nitrogens with zero attached hydrogens (tertiary/aromatic N) is 3. The highest BCUT2D eigenvalue weighted by Gasteiger charge is 2.28. The van der Waals surface area contributed by atoms with E-state index in [2.05, 4.69) is 22.4 Å². The quantitative estimate of drug-likeness (QED) is 0.492. The van der Waals surface area contributed by atoms with Crippen molar-refractivity contribution in [3.63, 3.8) is 0 Å². The number of thioether (sulfide) groups is 1. The van der Waals surface area contributed by atoms with Crippen LogP contribution >= 0.6 is 23.1 Å². The van der Waals surface area contributed by atoms with E-state index in [1.807, 2.05) is 25.3 Å². The summed E-state index contributed by atoms with van der Waals surface area (Å²) >= 11 is 2.87. The van der Waals surface area contributed by atoms with Crippen molar-refractivity contribution in [3.8, 4) is 0 Å². The average Bonchev–Trinajstić information content (AvgIpc) is 3.20. The molecular weight excluding hydrogens is 408 g/mol. The zero-order chi connectivity index (χ0) is 21.0. The third kappa shape index (κ3) is 5.19. The smallest absolute Gasteiger partial charge is 0.341 e. The van der Waals surface area contributed by atoms with Crippen LogP contribution in [0.25, 0.3) is 0 Å². The molecule has 2 aromatic heterocycles. The van der Waals surface area contributed by atoms with Gasteiger partial charge in [-0.3, -0.25) is 4.79 Å². The number of nitrogens with one attached hydrogen (secondary N) is 1. The number of aromatic nitrogens is 3. The van der Waals surface area contributed by atoms with Crippen molar-refractivity contribution in [2.24, 2.45) is 0 Å². The molecule has 158 valence electrons. The fraction of sp³-hybridized carbons (Fsp3) is 0.600. The van der Waals surface area contributed by atoms with Gasteiger partial charge in [-0.05, 0) is 58.4 Å². The Morgan fingerprint density at radius 2 is 2.03 bits per heavy atom. The van der Waals surface area contributed by atoms with Crippen LogP contribution < -0.4 is 5.32 Å². The minimum Gasteiger partial charge on any atom is -0.459 e. The maximum absolute atomic E-state index is 12.7. The summed E-state index contributed by atoms with van der Waals surface area (Å²) in [6, 6.07) is 0. The first-order valence-corrected chi connectivity index (χ1v) is 11.9. The van der Waals surface area contributed by atoms with E-state index in [-0.39, 0.29) is 23.7 Å². The first-order valence-electron chi connectivity index (χ1n) is 10.1.